The number of hydrogen-bond donors (Lipinski definition) is 2. The Bertz CT molecular complexity index is 157. The molecule has 0 aromatic rings. The summed E-state index contributed by atoms with van der Waals surface area (Å²) in [4.78, 5) is 2.38. The summed E-state index contributed by atoms with van der Waals surface area (Å²) in [6, 6.07) is 0.646. The van der Waals surface area contributed by atoms with Crippen LogP contribution in [0.2, 0.25) is 0 Å². The van der Waals surface area contributed by atoms with E-state index in [1.807, 2.05) is 0 Å². The quantitative estimate of drug-likeness (QED) is 0.589. The molecule has 3 heteroatoms. The highest BCUT2D eigenvalue weighted by Gasteiger charge is 2.10. The summed E-state index contributed by atoms with van der Waals surface area (Å²) in [6.45, 7) is 13.1. The summed E-state index contributed by atoms with van der Waals surface area (Å²) < 4.78 is 0. The van der Waals surface area contributed by atoms with Crippen molar-refractivity contribution in [2.75, 3.05) is 33.2 Å². The smallest absolute Gasteiger partial charge is 0.00355 e. The molecule has 0 saturated carbocycles. The van der Waals surface area contributed by atoms with Gasteiger partial charge in [-0.1, -0.05) is 13.8 Å². The Morgan fingerprint density at radius 1 is 1.19 bits per heavy atom. The molecule has 98 valence electrons. The van der Waals surface area contributed by atoms with Crippen LogP contribution in [0.15, 0.2) is 0 Å². The first-order chi connectivity index (χ1) is 7.49. The molecule has 0 fully saturated rings. The van der Waals surface area contributed by atoms with Gasteiger partial charge in [0.25, 0.3) is 0 Å². The van der Waals surface area contributed by atoms with Gasteiger partial charge in [0.15, 0.2) is 0 Å². The van der Waals surface area contributed by atoms with Gasteiger partial charge in [-0.05, 0) is 65.3 Å². The Kier molecular flexibility index (Phi) is 8.90. The lowest BCUT2D eigenvalue weighted by molar-refractivity contribution is 0.267. The molecule has 0 saturated heterocycles. The van der Waals surface area contributed by atoms with E-state index in [1.165, 1.54) is 13.0 Å². The van der Waals surface area contributed by atoms with E-state index in [4.69, 9.17) is 5.73 Å². The Morgan fingerprint density at radius 2 is 1.81 bits per heavy atom. The predicted octanol–water partition coefficient (Wildman–Crippen LogP) is 1.54. The third kappa shape index (κ3) is 7.20. The largest absolute Gasteiger partial charge is 0.330 e. The normalized spacial score (nSPS) is 14.1. The molecule has 0 aliphatic carbocycles. The summed E-state index contributed by atoms with van der Waals surface area (Å²) in [5, 5.41) is 3.51. The summed E-state index contributed by atoms with van der Waals surface area (Å²) in [5.41, 5.74) is 5.73. The van der Waals surface area contributed by atoms with E-state index in [1.54, 1.807) is 0 Å². The van der Waals surface area contributed by atoms with Crippen LogP contribution in [-0.4, -0.2) is 44.2 Å². The van der Waals surface area contributed by atoms with Crippen molar-refractivity contribution in [2.24, 2.45) is 17.6 Å². The Morgan fingerprint density at radius 3 is 2.25 bits per heavy atom. The van der Waals surface area contributed by atoms with Crippen molar-refractivity contribution in [3.05, 3.63) is 0 Å². The Balaban J connectivity index is 3.46. The molecule has 3 nitrogen and oxygen atoms in total. The molecule has 0 aliphatic heterocycles. The van der Waals surface area contributed by atoms with Gasteiger partial charge in [-0.25, -0.2) is 0 Å². The first kappa shape index (κ1) is 15.9. The zero-order valence-corrected chi connectivity index (χ0v) is 11.8. The van der Waals surface area contributed by atoms with Gasteiger partial charge >= 0.3 is 0 Å². The Labute approximate surface area is 102 Å². The third-order valence-corrected chi connectivity index (χ3v) is 3.40. The summed E-state index contributed by atoms with van der Waals surface area (Å²) in [6.07, 6.45) is 1.21. The standard InChI is InChI=1S/C13H31N3/c1-11(2)13(9-14)10-15-7-6-8-16(5)12(3)4/h11-13,15H,6-10,14H2,1-5H3. The summed E-state index contributed by atoms with van der Waals surface area (Å²) in [7, 11) is 2.18. The van der Waals surface area contributed by atoms with E-state index >= 15 is 0 Å². The second kappa shape index (κ2) is 8.97. The third-order valence-electron chi connectivity index (χ3n) is 3.40. The maximum Gasteiger partial charge on any atom is 0.00355 e. The van der Waals surface area contributed by atoms with Crippen molar-refractivity contribution >= 4 is 0 Å². The lowest BCUT2D eigenvalue weighted by Crippen LogP contribution is -2.34. The van der Waals surface area contributed by atoms with E-state index in [-0.39, 0.29) is 0 Å². The number of nitrogens with zero attached hydrogens (tertiary/aromatic N) is 1. The summed E-state index contributed by atoms with van der Waals surface area (Å²) >= 11 is 0. The average molecular weight is 229 g/mol. The second-order valence-electron chi connectivity index (χ2n) is 5.37. The molecule has 0 radical (unpaired) electrons. The fourth-order valence-corrected chi connectivity index (χ4v) is 1.59. The van der Waals surface area contributed by atoms with Gasteiger partial charge in [-0.15, -0.1) is 0 Å². The maximum atomic E-state index is 5.73. The van der Waals surface area contributed by atoms with Crippen molar-refractivity contribution in [2.45, 2.75) is 40.2 Å². The number of hydrogen-bond acceptors (Lipinski definition) is 3. The minimum absolute atomic E-state index is 0.614. The van der Waals surface area contributed by atoms with Crippen LogP contribution >= 0.6 is 0 Å². The highest BCUT2D eigenvalue weighted by molar-refractivity contribution is 4.67. The molecule has 0 aromatic carbocycles. The van der Waals surface area contributed by atoms with Gasteiger partial charge in [-0.3, -0.25) is 0 Å². The number of nitrogens with two attached hydrogens (primary N) is 1. The van der Waals surface area contributed by atoms with Crippen LogP contribution in [0.1, 0.15) is 34.1 Å². The zero-order chi connectivity index (χ0) is 12.6. The van der Waals surface area contributed by atoms with Crippen molar-refractivity contribution in [1.29, 1.82) is 0 Å². The fraction of sp³-hybridized carbons (Fsp3) is 1.00. The van der Waals surface area contributed by atoms with E-state index in [0.717, 1.165) is 19.6 Å². The van der Waals surface area contributed by atoms with Crippen LogP contribution < -0.4 is 11.1 Å². The van der Waals surface area contributed by atoms with E-state index in [0.29, 0.717) is 17.9 Å². The molecule has 0 spiro atoms. The molecule has 1 atom stereocenters. The molecule has 0 rings (SSSR count). The molecule has 16 heavy (non-hydrogen) atoms. The molecule has 0 aliphatic rings. The highest BCUT2D eigenvalue weighted by Crippen LogP contribution is 2.07. The topological polar surface area (TPSA) is 41.3 Å². The van der Waals surface area contributed by atoms with Crippen molar-refractivity contribution in [1.82, 2.24) is 10.2 Å². The Hall–Kier alpha value is -0.120. The lowest BCUT2D eigenvalue weighted by atomic mass is 9.96. The predicted molar refractivity (Wildman–Crippen MR) is 72.6 cm³/mol. The SMILES string of the molecule is CC(C)C(CN)CNCCCN(C)C(C)C. The van der Waals surface area contributed by atoms with Crippen LogP contribution in [0.4, 0.5) is 0 Å². The highest BCUT2D eigenvalue weighted by atomic mass is 15.1. The number of rotatable bonds is 9. The van der Waals surface area contributed by atoms with Gasteiger partial charge in [0.2, 0.25) is 0 Å². The number of nitrogens with one attached hydrogen (secondary N) is 1. The van der Waals surface area contributed by atoms with Crippen molar-refractivity contribution < 1.29 is 0 Å². The van der Waals surface area contributed by atoms with Gasteiger partial charge in [0.1, 0.15) is 0 Å². The first-order valence-electron chi connectivity index (χ1n) is 6.60. The van der Waals surface area contributed by atoms with E-state index in [9.17, 15) is 0 Å². The van der Waals surface area contributed by atoms with Crippen LogP contribution in [0, 0.1) is 11.8 Å². The van der Waals surface area contributed by atoms with Crippen LogP contribution in [0.25, 0.3) is 0 Å². The molecule has 0 aromatic heterocycles. The van der Waals surface area contributed by atoms with Crippen LogP contribution in [0.5, 0.6) is 0 Å². The molecule has 0 bridgehead atoms. The van der Waals surface area contributed by atoms with Crippen LogP contribution in [-0.2, 0) is 0 Å². The minimum atomic E-state index is 0.614. The van der Waals surface area contributed by atoms with Gasteiger partial charge < -0.3 is 16.0 Å². The van der Waals surface area contributed by atoms with Gasteiger partial charge in [-0.2, -0.15) is 0 Å². The molecule has 0 heterocycles. The van der Waals surface area contributed by atoms with Crippen molar-refractivity contribution in [3.8, 4) is 0 Å². The molecular weight excluding hydrogens is 198 g/mol. The minimum Gasteiger partial charge on any atom is -0.330 e. The van der Waals surface area contributed by atoms with Crippen LogP contribution in [0.3, 0.4) is 0 Å². The fourth-order valence-electron chi connectivity index (χ4n) is 1.59. The maximum absolute atomic E-state index is 5.73. The van der Waals surface area contributed by atoms with Gasteiger partial charge in [0, 0.05) is 6.04 Å². The summed E-state index contributed by atoms with van der Waals surface area (Å²) in [5.74, 6) is 1.29. The second-order valence-corrected chi connectivity index (χ2v) is 5.37. The molecule has 3 N–H and O–H groups in total. The monoisotopic (exact) mass is 229 g/mol. The van der Waals surface area contributed by atoms with E-state index in [2.05, 4.69) is 45.0 Å². The zero-order valence-electron chi connectivity index (χ0n) is 11.8. The first-order valence-corrected chi connectivity index (χ1v) is 6.60. The van der Waals surface area contributed by atoms with Gasteiger partial charge in [0.05, 0.1) is 0 Å². The van der Waals surface area contributed by atoms with Crippen molar-refractivity contribution in [3.63, 3.8) is 0 Å². The molecule has 0 amide bonds. The molecule has 1 unspecified atom stereocenters. The molecular formula is C13H31N3. The lowest BCUT2D eigenvalue weighted by Gasteiger charge is -2.22. The van der Waals surface area contributed by atoms with E-state index < -0.39 is 0 Å². The average Bonchev–Trinajstić information content (AvgIpc) is 2.22.